The number of unbranched alkanes of at least 4 members (excludes halogenated alkanes) is 1. The Bertz CT molecular complexity index is 1470. The van der Waals surface area contributed by atoms with E-state index in [1.165, 1.54) is 24.3 Å². The molecule has 3 aromatic carbocycles. The van der Waals surface area contributed by atoms with Crippen LogP contribution in [0.15, 0.2) is 60.7 Å². The SMILES string of the molecule is CN(C)CCOc1c(C(C)(C)C)cc(C(=O)N2CCN(C(=O)CCCCC(c3ccc(F)cc3)c3ccc(F)cc3)CC2)cc1C(C)(C)C. The first-order valence-electron chi connectivity index (χ1n) is 17.6. The highest BCUT2D eigenvalue weighted by Gasteiger charge is 2.31. The Hall–Kier alpha value is -3.78. The van der Waals surface area contributed by atoms with Gasteiger partial charge in [-0.2, -0.15) is 0 Å². The number of halogens is 2. The van der Waals surface area contributed by atoms with Crippen molar-refractivity contribution in [1.29, 1.82) is 0 Å². The van der Waals surface area contributed by atoms with E-state index >= 15 is 0 Å². The number of rotatable bonds is 12. The molecule has 4 rings (SSSR count). The highest BCUT2D eigenvalue weighted by atomic mass is 19.1. The lowest BCUT2D eigenvalue weighted by Gasteiger charge is -2.36. The Balaban J connectivity index is 1.37. The lowest BCUT2D eigenvalue weighted by molar-refractivity contribution is -0.132. The van der Waals surface area contributed by atoms with Gasteiger partial charge in [0, 0.05) is 61.8 Å². The van der Waals surface area contributed by atoms with Crippen LogP contribution < -0.4 is 4.74 Å². The minimum Gasteiger partial charge on any atom is -0.492 e. The summed E-state index contributed by atoms with van der Waals surface area (Å²) in [5.74, 6) is 0.346. The first kappa shape index (κ1) is 38.0. The fourth-order valence-electron chi connectivity index (χ4n) is 6.39. The number of hydrogen-bond acceptors (Lipinski definition) is 4. The standard InChI is InChI=1S/C41H55F2N3O3/c1-40(2,3)35-27-31(28-36(41(4,5)6)38(35)49-26-25-44(7)8)39(48)46-23-21-45(22-24-46)37(47)12-10-9-11-34(29-13-17-32(42)18-14-29)30-15-19-33(43)20-16-30/h13-20,27-28,34H,9-12,21-26H2,1-8H3. The highest BCUT2D eigenvalue weighted by molar-refractivity contribution is 5.95. The predicted octanol–water partition coefficient (Wildman–Crippen LogP) is 8.18. The second-order valence-electron chi connectivity index (χ2n) is 15.6. The number of nitrogens with zero attached hydrogens (tertiary/aromatic N) is 3. The van der Waals surface area contributed by atoms with Crippen molar-refractivity contribution in [2.75, 3.05) is 53.4 Å². The Morgan fingerprint density at radius 1 is 0.755 bits per heavy atom. The van der Waals surface area contributed by atoms with E-state index in [-0.39, 0.29) is 40.2 Å². The number of hydrogen-bond donors (Lipinski definition) is 0. The van der Waals surface area contributed by atoms with Crippen LogP contribution in [-0.4, -0.2) is 79.9 Å². The van der Waals surface area contributed by atoms with Crippen LogP contribution in [0, 0.1) is 11.6 Å². The molecule has 1 saturated heterocycles. The summed E-state index contributed by atoms with van der Waals surface area (Å²) in [5.41, 5.74) is 4.19. The van der Waals surface area contributed by atoms with Crippen LogP contribution in [-0.2, 0) is 15.6 Å². The van der Waals surface area contributed by atoms with E-state index in [4.69, 9.17) is 4.74 Å². The van der Waals surface area contributed by atoms with Gasteiger partial charge in [0.2, 0.25) is 5.91 Å². The van der Waals surface area contributed by atoms with Crippen molar-refractivity contribution in [1.82, 2.24) is 14.7 Å². The van der Waals surface area contributed by atoms with Crippen molar-refractivity contribution in [3.8, 4) is 5.75 Å². The van der Waals surface area contributed by atoms with Crippen molar-refractivity contribution in [3.05, 3.63) is 100 Å². The van der Waals surface area contributed by atoms with Gasteiger partial charge in [0.25, 0.3) is 5.91 Å². The van der Waals surface area contributed by atoms with Crippen molar-refractivity contribution >= 4 is 11.8 Å². The molecule has 0 atom stereocenters. The summed E-state index contributed by atoms with van der Waals surface area (Å²) in [6.07, 6.45) is 2.70. The second kappa shape index (κ2) is 16.3. The smallest absolute Gasteiger partial charge is 0.253 e. The number of piperazine rings is 1. The number of ether oxygens (including phenoxy) is 1. The Morgan fingerprint density at radius 3 is 1.67 bits per heavy atom. The third-order valence-corrected chi connectivity index (χ3v) is 9.33. The molecule has 0 aromatic heterocycles. The van der Waals surface area contributed by atoms with Crippen molar-refractivity contribution < 1.29 is 23.1 Å². The largest absolute Gasteiger partial charge is 0.492 e. The maximum absolute atomic E-state index is 13.9. The van der Waals surface area contributed by atoms with E-state index in [1.54, 1.807) is 24.3 Å². The van der Waals surface area contributed by atoms with E-state index in [0.717, 1.165) is 47.4 Å². The first-order chi connectivity index (χ1) is 23.0. The summed E-state index contributed by atoms with van der Waals surface area (Å²) in [5, 5.41) is 0. The molecule has 0 saturated carbocycles. The van der Waals surface area contributed by atoms with Crippen molar-refractivity contribution in [3.63, 3.8) is 0 Å². The van der Waals surface area contributed by atoms with E-state index in [2.05, 4.69) is 46.4 Å². The van der Waals surface area contributed by atoms with Crippen molar-refractivity contribution in [2.24, 2.45) is 0 Å². The van der Waals surface area contributed by atoms with Crippen LogP contribution in [0.25, 0.3) is 0 Å². The van der Waals surface area contributed by atoms with Gasteiger partial charge in [-0.15, -0.1) is 0 Å². The van der Waals surface area contributed by atoms with Gasteiger partial charge >= 0.3 is 0 Å². The molecule has 0 spiro atoms. The lowest BCUT2D eigenvalue weighted by Crippen LogP contribution is -2.50. The molecule has 0 unspecified atom stereocenters. The molecule has 0 N–H and O–H groups in total. The number of carbonyl (C=O) groups excluding carboxylic acids is 2. The fraction of sp³-hybridized carbons (Fsp3) is 0.512. The Kier molecular flexibility index (Phi) is 12.6. The van der Waals surface area contributed by atoms with E-state index in [0.29, 0.717) is 51.2 Å². The highest BCUT2D eigenvalue weighted by Crippen LogP contribution is 2.41. The maximum atomic E-state index is 13.9. The zero-order chi connectivity index (χ0) is 35.9. The molecule has 1 fully saturated rings. The lowest BCUT2D eigenvalue weighted by atomic mass is 9.78. The van der Waals surface area contributed by atoms with Gasteiger partial charge in [-0.3, -0.25) is 9.59 Å². The third-order valence-electron chi connectivity index (χ3n) is 9.33. The quantitative estimate of drug-likeness (QED) is 0.182. The predicted molar refractivity (Wildman–Crippen MR) is 193 cm³/mol. The van der Waals surface area contributed by atoms with E-state index in [1.807, 2.05) is 36.0 Å². The first-order valence-corrected chi connectivity index (χ1v) is 17.6. The normalized spacial score (nSPS) is 14.1. The Labute approximate surface area is 292 Å². The molecule has 1 heterocycles. The second-order valence-corrected chi connectivity index (χ2v) is 15.6. The van der Waals surface area contributed by atoms with E-state index in [9.17, 15) is 18.4 Å². The number of benzene rings is 3. The van der Waals surface area contributed by atoms with Gasteiger partial charge in [-0.25, -0.2) is 8.78 Å². The summed E-state index contributed by atoms with van der Waals surface area (Å²) < 4.78 is 33.6. The molecule has 0 radical (unpaired) electrons. The van der Waals surface area contributed by atoms with E-state index < -0.39 is 0 Å². The minimum absolute atomic E-state index is 0.0119. The zero-order valence-electron chi connectivity index (χ0n) is 30.7. The fourth-order valence-corrected chi connectivity index (χ4v) is 6.39. The van der Waals surface area contributed by atoms with Crippen LogP contribution >= 0.6 is 0 Å². The third kappa shape index (κ3) is 10.4. The molecular weight excluding hydrogens is 620 g/mol. The molecular formula is C41H55F2N3O3. The molecule has 1 aliphatic heterocycles. The molecule has 0 aliphatic carbocycles. The molecule has 0 bridgehead atoms. The molecule has 49 heavy (non-hydrogen) atoms. The average molecular weight is 676 g/mol. The van der Waals surface area contributed by atoms with Gasteiger partial charge in [-0.05, 0) is 85.3 Å². The van der Waals surface area contributed by atoms with Crippen molar-refractivity contribution in [2.45, 2.75) is 84.0 Å². The molecule has 8 heteroatoms. The Morgan fingerprint density at radius 2 is 1.22 bits per heavy atom. The zero-order valence-corrected chi connectivity index (χ0v) is 30.7. The van der Waals surface area contributed by atoms with Crippen LogP contribution in [0.1, 0.15) is 106 Å². The number of carbonyl (C=O) groups is 2. The molecule has 2 amide bonds. The van der Waals surface area contributed by atoms with Crippen LogP contribution in [0.4, 0.5) is 8.78 Å². The molecule has 1 aliphatic rings. The summed E-state index contributed by atoms with van der Waals surface area (Å²) in [6.45, 7) is 16.2. The average Bonchev–Trinajstić information content (AvgIpc) is 3.04. The summed E-state index contributed by atoms with van der Waals surface area (Å²) in [7, 11) is 4.05. The molecule has 266 valence electrons. The van der Waals surface area contributed by atoms with Crippen LogP contribution in [0.5, 0.6) is 5.75 Å². The molecule has 6 nitrogen and oxygen atoms in total. The van der Waals surface area contributed by atoms with Gasteiger partial charge in [0.15, 0.2) is 0 Å². The van der Waals surface area contributed by atoms with Gasteiger partial charge in [0.1, 0.15) is 24.0 Å². The summed E-state index contributed by atoms with van der Waals surface area (Å²) >= 11 is 0. The monoisotopic (exact) mass is 675 g/mol. The number of likely N-dealkylation sites (N-methyl/N-ethyl adjacent to an activating group) is 1. The number of amides is 2. The van der Waals surface area contributed by atoms with Crippen LogP contribution in [0.2, 0.25) is 0 Å². The minimum atomic E-state index is -0.294. The van der Waals surface area contributed by atoms with Gasteiger partial charge in [-0.1, -0.05) is 72.2 Å². The molecule has 3 aromatic rings. The summed E-state index contributed by atoms with van der Waals surface area (Å²) in [4.78, 5) is 33.0. The topological polar surface area (TPSA) is 53.1 Å². The summed E-state index contributed by atoms with van der Waals surface area (Å²) in [6, 6.07) is 16.9. The maximum Gasteiger partial charge on any atom is 0.253 e. The van der Waals surface area contributed by atoms with Gasteiger partial charge < -0.3 is 19.4 Å². The van der Waals surface area contributed by atoms with Gasteiger partial charge in [0.05, 0.1) is 0 Å². The van der Waals surface area contributed by atoms with Crippen LogP contribution in [0.3, 0.4) is 0 Å².